The van der Waals surface area contributed by atoms with Gasteiger partial charge in [0.15, 0.2) is 0 Å². The number of amidine groups is 1. The average Bonchev–Trinajstić information content (AvgIpc) is 2.19. The number of carbonyl (C=O) groups excluding carboxylic acids is 1. The third-order valence-corrected chi connectivity index (χ3v) is 2.03. The Morgan fingerprint density at radius 3 is 2.29 bits per heavy atom. The van der Waals surface area contributed by atoms with Gasteiger partial charge in [0, 0.05) is 19.5 Å². The fourth-order valence-corrected chi connectivity index (χ4v) is 1.28. The summed E-state index contributed by atoms with van der Waals surface area (Å²) in [4.78, 5) is 13.4. The summed E-state index contributed by atoms with van der Waals surface area (Å²) in [5, 5.41) is 7.18. The number of amides is 1. The summed E-state index contributed by atoms with van der Waals surface area (Å²) in [5.74, 6) is 0.789. The van der Waals surface area contributed by atoms with Crippen molar-refractivity contribution in [3.63, 3.8) is 0 Å². The predicted octanol–water partition coefficient (Wildman–Crippen LogP) is 2.06. The van der Waals surface area contributed by atoms with E-state index in [9.17, 15) is 4.79 Å². The van der Waals surface area contributed by atoms with Gasteiger partial charge in [0.25, 0.3) is 0 Å². The van der Waals surface area contributed by atoms with Crippen molar-refractivity contribution < 1.29 is 9.53 Å². The highest BCUT2D eigenvalue weighted by Crippen LogP contribution is 2.04. The lowest BCUT2D eigenvalue weighted by Crippen LogP contribution is -2.37. The molecular formula is C12H25N3O2. The minimum absolute atomic E-state index is 0.0930. The Labute approximate surface area is 104 Å². The van der Waals surface area contributed by atoms with E-state index >= 15 is 0 Å². The molecule has 5 nitrogen and oxygen atoms in total. The molecule has 0 unspecified atom stereocenters. The third kappa shape index (κ3) is 8.54. The molecular weight excluding hydrogens is 218 g/mol. The molecule has 0 aromatic rings. The second-order valence-electron chi connectivity index (χ2n) is 5.09. The summed E-state index contributed by atoms with van der Waals surface area (Å²) in [5.41, 5.74) is 5.30. The standard InChI is InChI=1S/C12H25N3O2/c1-9(2)7-15(6-5-11(13)14)12(16)17-8-10(3)4/h9-10H,5-8H2,1-4H3,(H3,13,14). The van der Waals surface area contributed by atoms with Crippen LogP contribution in [0.25, 0.3) is 0 Å². The van der Waals surface area contributed by atoms with Crippen LogP contribution in [-0.2, 0) is 4.74 Å². The first kappa shape index (κ1) is 15.7. The first-order valence-electron chi connectivity index (χ1n) is 6.07. The van der Waals surface area contributed by atoms with E-state index in [1.54, 1.807) is 4.90 Å². The van der Waals surface area contributed by atoms with Crippen molar-refractivity contribution in [1.82, 2.24) is 4.90 Å². The zero-order chi connectivity index (χ0) is 13.4. The molecule has 3 N–H and O–H groups in total. The number of carbonyl (C=O) groups is 1. The van der Waals surface area contributed by atoms with Crippen LogP contribution in [0.1, 0.15) is 34.1 Å². The van der Waals surface area contributed by atoms with Crippen LogP contribution in [0.5, 0.6) is 0 Å². The molecule has 0 saturated heterocycles. The molecule has 0 bridgehead atoms. The fourth-order valence-electron chi connectivity index (χ4n) is 1.28. The summed E-state index contributed by atoms with van der Waals surface area (Å²) in [6.07, 6.45) is 0.0809. The van der Waals surface area contributed by atoms with E-state index in [2.05, 4.69) is 0 Å². The van der Waals surface area contributed by atoms with E-state index in [0.29, 0.717) is 38.0 Å². The molecule has 17 heavy (non-hydrogen) atoms. The lowest BCUT2D eigenvalue weighted by atomic mass is 10.2. The second kappa shape index (κ2) is 7.92. The topological polar surface area (TPSA) is 79.4 Å². The van der Waals surface area contributed by atoms with Crippen molar-refractivity contribution in [1.29, 1.82) is 5.41 Å². The van der Waals surface area contributed by atoms with Gasteiger partial charge in [-0.15, -0.1) is 0 Å². The van der Waals surface area contributed by atoms with Crippen LogP contribution in [0.2, 0.25) is 0 Å². The van der Waals surface area contributed by atoms with E-state index in [0.717, 1.165) is 0 Å². The molecule has 0 aliphatic carbocycles. The van der Waals surface area contributed by atoms with Crippen LogP contribution in [0.3, 0.4) is 0 Å². The summed E-state index contributed by atoms with van der Waals surface area (Å²) in [7, 11) is 0. The van der Waals surface area contributed by atoms with E-state index < -0.39 is 0 Å². The van der Waals surface area contributed by atoms with Crippen LogP contribution in [0, 0.1) is 17.2 Å². The molecule has 0 spiro atoms. The molecule has 0 aliphatic heterocycles. The van der Waals surface area contributed by atoms with Gasteiger partial charge in [-0.1, -0.05) is 27.7 Å². The highest BCUT2D eigenvalue weighted by molar-refractivity contribution is 5.77. The summed E-state index contributed by atoms with van der Waals surface area (Å²) >= 11 is 0. The molecule has 0 radical (unpaired) electrons. The molecule has 1 amide bonds. The Bertz CT molecular complexity index is 252. The first-order chi connectivity index (χ1) is 7.82. The van der Waals surface area contributed by atoms with Crippen LogP contribution < -0.4 is 5.73 Å². The van der Waals surface area contributed by atoms with E-state index in [1.165, 1.54) is 0 Å². The highest BCUT2D eigenvalue weighted by Gasteiger charge is 2.16. The maximum atomic E-state index is 11.8. The first-order valence-corrected chi connectivity index (χ1v) is 6.07. The molecule has 5 heteroatoms. The zero-order valence-corrected chi connectivity index (χ0v) is 11.3. The molecule has 100 valence electrons. The van der Waals surface area contributed by atoms with E-state index in [4.69, 9.17) is 15.9 Å². The summed E-state index contributed by atoms with van der Waals surface area (Å²) in [6.45, 7) is 9.57. The minimum Gasteiger partial charge on any atom is -0.449 e. The van der Waals surface area contributed by atoms with Gasteiger partial charge < -0.3 is 15.4 Å². The molecule has 0 saturated carbocycles. The van der Waals surface area contributed by atoms with Crippen LogP contribution in [0.4, 0.5) is 4.79 Å². The molecule has 0 rings (SSSR count). The minimum atomic E-state index is -0.311. The lowest BCUT2D eigenvalue weighted by molar-refractivity contribution is 0.0890. The Morgan fingerprint density at radius 1 is 1.29 bits per heavy atom. The number of rotatable bonds is 7. The molecule has 0 aromatic carbocycles. The fraction of sp³-hybridized carbons (Fsp3) is 0.833. The Hall–Kier alpha value is -1.26. The number of nitrogens with two attached hydrogens (primary N) is 1. The molecule has 0 aliphatic rings. The third-order valence-electron chi connectivity index (χ3n) is 2.03. The molecule has 0 fully saturated rings. The van der Waals surface area contributed by atoms with Gasteiger partial charge in [0.05, 0.1) is 12.4 Å². The molecule has 0 atom stereocenters. The maximum Gasteiger partial charge on any atom is 0.409 e. The van der Waals surface area contributed by atoms with Crippen molar-refractivity contribution >= 4 is 11.9 Å². The Balaban J connectivity index is 4.24. The number of nitrogens with one attached hydrogen (secondary N) is 1. The number of ether oxygens (including phenoxy) is 1. The monoisotopic (exact) mass is 243 g/mol. The van der Waals surface area contributed by atoms with Crippen molar-refractivity contribution in [2.75, 3.05) is 19.7 Å². The average molecular weight is 243 g/mol. The highest BCUT2D eigenvalue weighted by atomic mass is 16.6. The number of hydrogen-bond donors (Lipinski definition) is 2. The smallest absolute Gasteiger partial charge is 0.409 e. The van der Waals surface area contributed by atoms with Gasteiger partial charge in [-0.05, 0) is 11.8 Å². The Morgan fingerprint density at radius 2 is 1.88 bits per heavy atom. The SMILES string of the molecule is CC(C)COC(=O)N(CCC(=N)N)CC(C)C. The number of hydrogen-bond acceptors (Lipinski definition) is 3. The normalized spacial score (nSPS) is 10.7. The van der Waals surface area contributed by atoms with Gasteiger partial charge in [-0.25, -0.2) is 4.79 Å². The van der Waals surface area contributed by atoms with Crippen LogP contribution in [-0.4, -0.2) is 36.5 Å². The van der Waals surface area contributed by atoms with Gasteiger partial charge in [0.2, 0.25) is 0 Å². The molecule has 0 aromatic heterocycles. The quantitative estimate of drug-likeness (QED) is 0.530. The van der Waals surface area contributed by atoms with Crippen molar-refractivity contribution in [3.8, 4) is 0 Å². The maximum absolute atomic E-state index is 11.8. The van der Waals surface area contributed by atoms with Crippen molar-refractivity contribution in [3.05, 3.63) is 0 Å². The van der Waals surface area contributed by atoms with Gasteiger partial charge in [-0.3, -0.25) is 5.41 Å². The van der Waals surface area contributed by atoms with E-state index in [1.807, 2.05) is 27.7 Å². The van der Waals surface area contributed by atoms with E-state index in [-0.39, 0.29) is 11.9 Å². The van der Waals surface area contributed by atoms with Crippen molar-refractivity contribution in [2.24, 2.45) is 17.6 Å². The van der Waals surface area contributed by atoms with Gasteiger partial charge in [-0.2, -0.15) is 0 Å². The van der Waals surface area contributed by atoms with Crippen LogP contribution in [0.15, 0.2) is 0 Å². The van der Waals surface area contributed by atoms with Crippen molar-refractivity contribution in [2.45, 2.75) is 34.1 Å². The largest absolute Gasteiger partial charge is 0.449 e. The second-order valence-corrected chi connectivity index (χ2v) is 5.09. The summed E-state index contributed by atoms with van der Waals surface area (Å²) in [6, 6.07) is 0. The van der Waals surface area contributed by atoms with Crippen LogP contribution >= 0.6 is 0 Å². The van der Waals surface area contributed by atoms with Gasteiger partial charge in [0.1, 0.15) is 0 Å². The number of nitrogens with zero attached hydrogens (tertiary/aromatic N) is 1. The summed E-state index contributed by atoms with van der Waals surface area (Å²) < 4.78 is 5.17. The zero-order valence-electron chi connectivity index (χ0n) is 11.3. The predicted molar refractivity (Wildman–Crippen MR) is 69.1 cm³/mol. The molecule has 0 heterocycles. The Kier molecular flexibility index (Phi) is 7.34. The lowest BCUT2D eigenvalue weighted by Gasteiger charge is -2.24. The van der Waals surface area contributed by atoms with Gasteiger partial charge >= 0.3 is 6.09 Å².